The molecule has 0 aromatic heterocycles. The molecule has 0 bridgehead atoms. The summed E-state index contributed by atoms with van der Waals surface area (Å²) in [6, 6.07) is 7.61. The summed E-state index contributed by atoms with van der Waals surface area (Å²) in [6.45, 7) is 7.65. The predicted octanol–water partition coefficient (Wildman–Crippen LogP) is 1.67. The van der Waals surface area contributed by atoms with E-state index >= 15 is 0 Å². The Morgan fingerprint density at radius 2 is 1.95 bits per heavy atom. The van der Waals surface area contributed by atoms with Crippen molar-refractivity contribution >= 4 is 0 Å². The maximum Gasteiger partial charge on any atom is 0.124 e. The summed E-state index contributed by atoms with van der Waals surface area (Å²) in [6.07, 6.45) is 0.571. The van der Waals surface area contributed by atoms with E-state index in [2.05, 4.69) is 18.7 Å². The van der Waals surface area contributed by atoms with E-state index in [1.165, 1.54) is 0 Å². The van der Waals surface area contributed by atoms with Gasteiger partial charge in [-0.1, -0.05) is 18.2 Å². The Labute approximate surface area is 114 Å². The number of morpholine rings is 1. The van der Waals surface area contributed by atoms with Gasteiger partial charge >= 0.3 is 0 Å². The van der Waals surface area contributed by atoms with E-state index in [1.54, 1.807) is 0 Å². The summed E-state index contributed by atoms with van der Waals surface area (Å²) in [5, 5.41) is 9.23. The minimum Gasteiger partial charge on any atom is -0.492 e. The molecule has 4 heteroatoms. The summed E-state index contributed by atoms with van der Waals surface area (Å²) in [5.41, 5.74) is 0.839. The molecule has 2 rings (SSSR count). The van der Waals surface area contributed by atoms with Crippen molar-refractivity contribution in [3.63, 3.8) is 0 Å². The quantitative estimate of drug-likeness (QED) is 0.879. The van der Waals surface area contributed by atoms with E-state index in [0.29, 0.717) is 6.61 Å². The van der Waals surface area contributed by atoms with Crippen molar-refractivity contribution in [1.29, 1.82) is 0 Å². The number of para-hydroxylation sites is 1. The van der Waals surface area contributed by atoms with Gasteiger partial charge in [-0.2, -0.15) is 0 Å². The van der Waals surface area contributed by atoms with Crippen LogP contribution in [0.2, 0.25) is 0 Å². The molecule has 4 nitrogen and oxygen atoms in total. The van der Waals surface area contributed by atoms with Crippen molar-refractivity contribution in [3.05, 3.63) is 29.8 Å². The first kappa shape index (κ1) is 14.3. The third kappa shape index (κ3) is 4.20. The molecule has 1 saturated heterocycles. The van der Waals surface area contributed by atoms with Crippen molar-refractivity contribution in [2.24, 2.45) is 0 Å². The maximum atomic E-state index is 9.23. The van der Waals surface area contributed by atoms with Gasteiger partial charge in [-0.05, 0) is 19.9 Å². The van der Waals surface area contributed by atoms with Crippen LogP contribution in [-0.2, 0) is 11.3 Å². The van der Waals surface area contributed by atoms with E-state index in [0.717, 1.165) is 30.9 Å². The summed E-state index contributed by atoms with van der Waals surface area (Å²) >= 11 is 0. The average Bonchev–Trinajstić information content (AvgIpc) is 2.38. The fourth-order valence-electron chi connectivity index (χ4n) is 2.53. The normalized spacial score (nSPS) is 24.4. The van der Waals surface area contributed by atoms with Gasteiger partial charge in [0.1, 0.15) is 12.4 Å². The topological polar surface area (TPSA) is 41.9 Å². The van der Waals surface area contributed by atoms with Crippen molar-refractivity contribution < 1.29 is 14.6 Å². The van der Waals surface area contributed by atoms with E-state index in [9.17, 15) is 5.11 Å². The first-order chi connectivity index (χ1) is 9.19. The van der Waals surface area contributed by atoms with Crippen molar-refractivity contribution in [2.75, 3.05) is 26.2 Å². The molecule has 0 unspecified atom stereocenters. The summed E-state index contributed by atoms with van der Waals surface area (Å²) < 4.78 is 11.5. The molecule has 1 aromatic rings. The van der Waals surface area contributed by atoms with Gasteiger partial charge in [-0.25, -0.2) is 0 Å². The van der Waals surface area contributed by atoms with Gasteiger partial charge in [0.2, 0.25) is 0 Å². The molecular weight excluding hydrogens is 242 g/mol. The molecule has 0 saturated carbocycles. The van der Waals surface area contributed by atoms with Crippen LogP contribution in [0.5, 0.6) is 5.75 Å². The summed E-state index contributed by atoms with van der Waals surface area (Å²) in [7, 11) is 0. The van der Waals surface area contributed by atoms with E-state index in [-0.39, 0.29) is 18.8 Å². The SMILES string of the molecule is C[C@@H]1CN(CCOc2ccccc2CO)C[C@H](C)O1. The highest BCUT2D eigenvalue weighted by molar-refractivity contribution is 5.32. The molecule has 1 aliphatic rings. The van der Waals surface area contributed by atoms with Gasteiger partial charge in [0, 0.05) is 25.2 Å². The summed E-state index contributed by atoms with van der Waals surface area (Å²) in [5.74, 6) is 0.777. The zero-order chi connectivity index (χ0) is 13.7. The van der Waals surface area contributed by atoms with E-state index < -0.39 is 0 Å². The van der Waals surface area contributed by atoms with Crippen LogP contribution in [0, 0.1) is 0 Å². The van der Waals surface area contributed by atoms with Crippen LogP contribution < -0.4 is 4.74 Å². The average molecular weight is 265 g/mol. The Morgan fingerprint density at radius 1 is 1.26 bits per heavy atom. The lowest BCUT2D eigenvalue weighted by atomic mass is 10.2. The van der Waals surface area contributed by atoms with E-state index in [1.807, 2.05) is 24.3 Å². The monoisotopic (exact) mass is 265 g/mol. The van der Waals surface area contributed by atoms with E-state index in [4.69, 9.17) is 9.47 Å². The number of nitrogens with zero attached hydrogens (tertiary/aromatic N) is 1. The highest BCUT2D eigenvalue weighted by Gasteiger charge is 2.21. The summed E-state index contributed by atoms with van der Waals surface area (Å²) in [4.78, 5) is 2.36. The largest absolute Gasteiger partial charge is 0.492 e. The molecule has 0 radical (unpaired) electrons. The fourth-order valence-corrected chi connectivity index (χ4v) is 2.53. The molecular formula is C15H23NO3. The molecule has 1 aromatic carbocycles. The number of benzene rings is 1. The highest BCUT2D eigenvalue weighted by atomic mass is 16.5. The maximum absolute atomic E-state index is 9.23. The third-order valence-electron chi connectivity index (χ3n) is 3.30. The van der Waals surface area contributed by atoms with Gasteiger partial charge in [0.15, 0.2) is 0 Å². The number of aliphatic hydroxyl groups is 1. The standard InChI is InChI=1S/C15H23NO3/c1-12-9-16(10-13(2)19-12)7-8-18-15-6-4-3-5-14(15)11-17/h3-6,12-13,17H,7-11H2,1-2H3/t12-,13+. The van der Waals surface area contributed by atoms with Gasteiger partial charge in [-0.3, -0.25) is 4.90 Å². The molecule has 2 atom stereocenters. The smallest absolute Gasteiger partial charge is 0.124 e. The van der Waals surface area contributed by atoms with Gasteiger partial charge in [0.25, 0.3) is 0 Å². The van der Waals surface area contributed by atoms with Crippen molar-refractivity contribution in [3.8, 4) is 5.75 Å². The van der Waals surface area contributed by atoms with Gasteiger partial charge < -0.3 is 14.6 Å². The fraction of sp³-hybridized carbons (Fsp3) is 0.600. The second-order valence-electron chi connectivity index (χ2n) is 5.13. The Bertz CT molecular complexity index is 387. The zero-order valence-electron chi connectivity index (χ0n) is 11.7. The molecule has 0 spiro atoms. The molecule has 19 heavy (non-hydrogen) atoms. The Morgan fingerprint density at radius 3 is 2.63 bits per heavy atom. The van der Waals surface area contributed by atoms with Crippen molar-refractivity contribution in [2.45, 2.75) is 32.7 Å². The Balaban J connectivity index is 1.80. The van der Waals surface area contributed by atoms with Crippen LogP contribution >= 0.6 is 0 Å². The molecule has 1 aliphatic heterocycles. The lowest BCUT2D eigenvalue weighted by Gasteiger charge is -2.35. The van der Waals surface area contributed by atoms with Crippen molar-refractivity contribution in [1.82, 2.24) is 4.90 Å². The predicted molar refractivity (Wildman–Crippen MR) is 74.3 cm³/mol. The molecule has 1 fully saturated rings. The lowest BCUT2D eigenvalue weighted by molar-refractivity contribution is -0.0699. The van der Waals surface area contributed by atoms with Crippen LogP contribution in [0.4, 0.5) is 0 Å². The number of hydrogen-bond acceptors (Lipinski definition) is 4. The van der Waals surface area contributed by atoms with Crippen LogP contribution in [0.3, 0.4) is 0 Å². The Kier molecular flexibility index (Phi) is 5.19. The third-order valence-corrected chi connectivity index (χ3v) is 3.30. The Hall–Kier alpha value is -1.10. The van der Waals surface area contributed by atoms with Crippen LogP contribution in [-0.4, -0.2) is 48.5 Å². The highest BCUT2D eigenvalue weighted by Crippen LogP contribution is 2.18. The number of aliphatic hydroxyl groups excluding tert-OH is 1. The minimum atomic E-state index is 0.0157. The number of hydrogen-bond donors (Lipinski definition) is 1. The lowest BCUT2D eigenvalue weighted by Crippen LogP contribution is -2.46. The van der Waals surface area contributed by atoms with Crippen LogP contribution in [0.25, 0.3) is 0 Å². The molecule has 1 N–H and O–H groups in total. The molecule has 0 aliphatic carbocycles. The van der Waals surface area contributed by atoms with Gasteiger partial charge in [-0.15, -0.1) is 0 Å². The number of rotatable bonds is 5. The first-order valence-electron chi connectivity index (χ1n) is 6.88. The van der Waals surface area contributed by atoms with Crippen LogP contribution in [0.1, 0.15) is 19.4 Å². The minimum absolute atomic E-state index is 0.0157. The zero-order valence-corrected chi connectivity index (χ0v) is 11.7. The first-order valence-corrected chi connectivity index (χ1v) is 6.88. The van der Waals surface area contributed by atoms with Gasteiger partial charge in [0.05, 0.1) is 18.8 Å². The molecule has 106 valence electrons. The second-order valence-corrected chi connectivity index (χ2v) is 5.13. The molecule has 1 heterocycles. The molecule has 0 amide bonds. The second kappa shape index (κ2) is 6.89. The number of ether oxygens (including phenoxy) is 2. The van der Waals surface area contributed by atoms with Crippen LogP contribution in [0.15, 0.2) is 24.3 Å².